The van der Waals surface area contributed by atoms with Crippen molar-refractivity contribution in [2.45, 2.75) is 25.3 Å². The van der Waals surface area contributed by atoms with E-state index in [4.69, 9.17) is 10.1 Å². The molecule has 2 atom stereocenters. The number of nitro groups is 2. The second-order valence-corrected chi connectivity index (χ2v) is 11.4. The highest BCUT2D eigenvalue weighted by Crippen LogP contribution is 2.47. The number of hydrogen-bond donors (Lipinski definition) is 0. The quantitative estimate of drug-likeness (QED) is 0.159. The Labute approximate surface area is 241 Å². The van der Waals surface area contributed by atoms with Gasteiger partial charge in [0.1, 0.15) is 0 Å². The molecule has 4 aromatic rings. The largest absolute Gasteiger partial charge is 0.270 e. The molecule has 0 amide bonds. The van der Waals surface area contributed by atoms with Gasteiger partial charge in [0.25, 0.3) is 11.4 Å². The minimum atomic E-state index is -0.398. The van der Waals surface area contributed by atoms with Gasteiger partial charge in [-0.05, 0) is 54.2 Å². The molecule has 200 valence electrons. The summed E-state index contributed by atoms with van der Waals surface area (Å²) in [7, 11) is 0. The van der Waals surface area contributed by atoms with Crippen LogP contribution in [0.5, 0.6) is 0 Å². The molecular weight excluding hydrogens is 594 g/mol. The SMILES string of the molecule is O=[N+]([O-])c1cccc(/C=C2\CCC[C@H]3C2=NN(c2nc(-c4ccc(Br)cc4)cs2)[C@H]3c2cccc([N+](=O)[O-])c2)c1. The van der Waals surface area contributed by atoms with Crippen molar-refractivity contribution in [1.82, 2.24) is 4.98 Å². The first-order valence-corrected chi connectivity index (χ1v) is 14.3. The molecule has 1 fully saturated rings. The first kappa shape index (κ1) is 26.0. The summed E-state index contributed by atoms with van der Waals surface area (Å²) in [6, 6.07) is 21.0. The highest BCUT2D eigenvalue weighted by Gasteiger charge is 2.43. The molecule has 1 aliphatic carbocycles. The number of fused-ring (bicyclic) bond motifs is 1. The number of thiazole rings is 1. The Kier molecular flexibility index (Phi) is 6.99. The molecule has 1 saturated carbocycles. The standard InChI is InChI=1S/C29H22BrN5O4S/c30-22-12-10-19(11-13-22)26-17-40-29(31-26)33-28(21-6-2-8-24(16-21)35(38)39)25-9-3-5-20(27(25)32-33)14-18-4-1-7-23(15-18)34(36)37/h1-2,4,6-8,10-17,25,28H,3,5,9H2/b20-14+/t25-,28-/m0/s1. The number of nitro benzene ring substituents is 2. The van der Waals surface area contributed by atoms with E-state index in [1.54, 1.807) is 24.3 Å². The van der Waals surface area contributed by atoms with Gasteiger partial charge in [-0.2, -0.15) is 5.10 Å². The number of hydrazone groups is 1. The zero-order valence-corrected chi connectivity index (χ0v) is 23.4. The third kappa shape index (κ3) is 5.05. The Morgan fingerprint density at radius 1 is 0.975 bits per heavy atom. The number of anilines is 1. The molecule has 3 aromatic carbocycles. The molecule has 0 N–H and O–H groups in total. The lowest BCUT2D eigenvalue weighted by Crippen LogP contribution is -2.28. The zero-order valence-electron chi connectivity index (χ0n) is 21.0. The maximum absolute atomic E-state index is 11.6. The molecule has 0 saturated heterocycles. The predicted octanol–water partition coefficient (Wildman–Crippen LogP) is 8.19. The lowest BCUT2D eigenvalue weighted by atomic mass is 9.77. The fraction of sp³-hybridized carbons (Fsp3) is 0.172. The molecule has 40 heavy (non-hydrogen) atoms. The fourth-order valence-electron chi connectivity index (χ4n) is 5.37. The highest BCUT2D eigenvalue weighted by molar-refractivity contribution is 9.10. The molecular formula is C29H22BrN5O4S. The summed E-state index contributed by atoms with van der Waals surface area (Å²) >= 11 is 4.95. The minimum absolute atomic E-state index is 0.0132. The number of hydrogen-bond acceptors (Lipinski definition) is 8. The third-order valence-corrected chi connectivity index (χ3v) is 8.53. The summed E-state index contributed by atoms with van der Waals surface area (Å²) in [5.41, 5.74) is 5.33. The van der Waals surface area contributed by atoms with E-state index < -0.39 is 4.92 Å². The van der Waals surface area contributed by atoms with Crippen molar-refractivity contribution < 1.29 is 9.85 Å². The van der Waals surface area contributed by atoms with Crippen molar-refractivity contribution in [3.05, 3.63) is 120 Å². The minimum Gasteiger partial charge on any atom is -0.258 e. The van der Waals surface area contributed by atoms with E-state index in [0.717, 1.165) is 57.4 Å². The monoisotopic (exact) mass is 615 g/mol. The zero-order chi connectivity index (χ0) is 27.8. The van der Waals surface area contributed by atoms with Gasteiger partial charge in [0.2, 0.25) is 5.13 Å². The van der Waals surface area contributed by atoms with Gasteiger partial charge in [-0.25, -0.2) is 9.99 Å². The van der Waals surface area contributed by atoms with Gasteiger partial charge in [0.15, 0.2) is 0 Å². The first-order chi connectivity index (χ1) is 19.4. The van der Waals surface area contributed by atoms with Crippen LogP contribution in [-0.4, -0.2) is 20.5 Å². The number of allylic oxidation sites excluding steroid dienone is 1. The number of non-ortho nitro benzene ring substituents is 2. The van der Waals surface area contributed by atoms with Gasteiger partial charge in [-0.3, -0.25) is 20.2 Å². The molecule has 0 unspecified atom stereocenters. The highest BCUT2D eigenvalue weighted by atomic mass is 79.9. The summed E-state index contributed by atoms with van der Waals surface area (Å²) in [6.07, 6.45) is 4.53. The van der Waals surface area contributed by atoms with Gasteiger partial charge < -0.3 is 0 Å². The Morgan fingerprint density at radius 2 is 1.70 bits per heavy atom. The van der Waals surface area contributed by atoms with Crippen LogP contribution in [-0.2, 0) is 0 Å². The van der Waals surface area contributed by atoms with E-state index in [1.807, 2.05) is 52.9 Å². The summed E-state index contributed by atoms with van der Waals surface area (Å²) < 4.78 is 0.982. The smallest absolute Gasteiger partial charge is 0.258 e. The molecule has 2 heterocycles. The molecule has 0 bridgehead atoms. The summed E-state index contributed by atoms with van der Waals surface area (Å²) in [4.78, 5) is 27.1. The van der Waals surface area contributed by atoms with Crippen LogP contribution in [0.3, 0.4) is 0 Å². The van der Waals surface area contributed by atoms with Gasteiger partial charge >= 0.3 is 0 Å². The van der Waals surface area contributed by atoms with E-state index >= 15 is 0 Å². The van der Waals surface area contributed by atoms with Crippen LogP contribution in [0.15, 0.2) is 93.3 Å². The summed E-state index contributed by atoms with van der Waals surface area (Å²) in [5.74, 6) is -0.0132. The molecule has 2 aliphatic rings. The average molecular weight is 616 g/mol. The Morgan fingerprint density at radius 3 is 2.45 bits per heavy atom. The van der Waals surface area contributed by atoms with Crippen LogP contribution < -0.4 is 5.01 Å². The van der Waals surface area contributed by atoms with Crippen molar-refractivity contribution in [1.29, 1.82) is 0 Å². The lowest BCUT2D eigenvalue weighted by molar-refractivity contribution is -0.385. The van der Waals surface area contributed by atoms with Crippen LogP contribution in [0.25, 0.3) is 17.3 Å². The maximum atomic E-state index is 11.6. The van der Waals surface area contributed by atoms with Crippen LogP contribution >= 0.6 is 27.3 Å². The third-order valence-electron chi connectivity index (χ3n) is 7.17. The molecule has 6 rings (SSSR count). The van der Waals surface area contributed by atoms with Gasteiger partial charge in [0, 0.05) is 45.6 Å². The second-order valence-electron chi connectivity index (χ2n) is 9.67. The number of rotatable bonds is 6. The molecule has 0 spiro atoms. The first-order valence-electron chi connectivity index (χ1n) is 12.7. The maximum Gasteiger partial charge on any atom is 0.270 e. The van der Waals surface area contributed by atoms with E-state index in [-0.39, 0.29) is 28.3 Å². The van der Waals surface area contributed by atoms with Crippen LogP contribution in [0, 0.1) is 26.1 Å². The lowest BCUT2D eigenvalue weighted by Gasteiger charge is -2.29. The molecule has 1 aliphatic heterocycles. The van der Waals surface area contributed by atoms with Gasteiger partial charge in [-0.15, -0.1) is 11.3 Å². The number of benzene rings is 3. The van der Waals surface area contributed by atoms with E-state index in [2.05, 4.69) is 15.9 Å². The van der Waals surface area contributed by atoms with E-state index in [1.165, 1.54) is 23.5 Å². The van der Waals surface area contributed by atoms with Crippen LogP contribution in [0.4, 0.5) is 16.5 Å². The van der Waals surface area contributed by atoms with E-state index in [9.17, 15) is 20.2 Å². The number of aromatic nitrogens is 1. The van der Waals surface area contributed by atoms with Crippen molar-refractivity contribution >= 4 is 55.6 Å². The Hall–Kier alpha value is -4.22. The predicted molar refractivity (Wildman–Crippen MR) is 159 cm³/mol. The summed E-state index contributed by atoms with van der Waals surface area (Å²) in [5, 5.41) is 32.6. The van der Waals surface area contributed by atoms with Crippen molar-refractivity contribution in [2.75, 3.05) is 5.01 Å². The van der Waals surface area contributed by atoms with Gasteiger partial charge in [0.05, 0.1) is 27.3 Å². The molecule has 1 aromatic heterocycles. The summed E-state index contributed by atoms with van der Waals surface area (Å²) in [6.45, 7) is 0. The Bertz CT molecular complexity index is 1680. The normalized spacial score (nSPS) is 19.4. The van der Waals surface area contributed by atoms with Crippen molar-refractivity contribution in [3.8, 4) is 11.3 Å². The molecule has 9 nitrogen and oxygen atoms in total. The van der Waals surface area contributed by atoms with Crippen molar-refractivity contribution in [2.24, 2.45) is 11.0 Å². The number of nitrogens with zero attached hydrogens (tertiary/aromatic N) is 5. The second kappa shape index (κ2) is 10.7. The van der Waals surface area contributed by atoms with E-state index in [0.29, 0.717) is 5.13 Å². The molecule has 11 heteroatoms. The molecule has 0 radical (unpaired) electrons. The Balaban J connectivity index is 1.43. The topological polar surface area (TPSA) is 115 Å². The van der Waals surface area contributed by atoms with Crippen LogP contribution in [0.2, 0.25) is 0 Å². The van der Waals surface area contributed by atoms with Gasteiger partial charge in [-0.1, -0.05) is 52.3 Å². The van der Waals surface area contributed by atoms with Crippen LogP contribution in [0.1, 0.15) is 36.4 Å². The average Bonchev–Trinajstić information content (AvgIpc) is 3.60. The van der Waals surface area contributed by atoms with Crippen molar-refractivity contribution in [3.63, 3.8) is 0 Å². The fourth-order valence-corrected chi connectivity index (χ4v) is 6.45. The number of halogens is 1.